The lowest BCUT2D eigenvalue weighted by Crippen LogP contribution is -2.28. The Bertz CT molecular complexity index is 895. The van der Waals surface area contributed by atoms with Crippen LogP contribution in [0.3, 0.4) is 0 Å². The van der Waals surface area contributed by atoms with Gasteiger partial charge in [-0.15, -0.1) is 0 Å². The van der Waals surface area contributed by atoms with Crippen molar-refractivity contribution in [2.45, 2.75) is 45.1 Å². The van der Waals surface area contributed by atoms with E-state index in [2.05, 4.69) is 5.32 Å². The third-order valence-electron chi connectivity index (χ3n) is 4.06. The van der Waals surface area contributed by atoms with E-state index in [1.54, 1.807) is 31.3 Å². The highest BCUT2D eigenvalue weighted by Gasteiger charge is 2.08. The van der Waals surface area contributed by atoms with Crippen LogP contribution in [0, 0.1) is 0 Å². The van der Waals surface area contributed by atoms with E-state index >= 15 is 0 Å². The van der Waals surface area contributed by atoms with Gasteiger partial charge in [0.1, 0.15) is 0 Å². The number of hydrogen-bond donors (Lipinski definition) is 2. The van der Waals surface area contributed by atoms with E-state index in [1.807, 2.05) is 0 Å². The standard InChI is InChI=1S/C18H23N3O5S/c1-20-17(25)21(18(26)27-20)12-13-8-10-14(11-9-13)19-15(22)6-4-2-3-5-7-16(23)24/h8-11H,2-7,12H2,1H3,(H,19,22)(H,23,24). The summed E-state index contributed by atoms with van der Waals surface area (Å²) in [6.45, 7) is 0.194. The first-order valence-corrected chi connectivity index (χ1v) is 9.52. The third kappa shape index (κ3) is 6.52. The van der Waals surface area contributed by atoms with Gasteiger partial charge in [0.15, 0.2) is 0 Å². The number of carboxylic acids is 1. The van der Waals surface area contributed by atoms with Crippen molar-refractivity contribution in [1.29, 1.82) is 0 Å². The summed E-state index contributed by atoms with van der Waals surface area (Å²) in [6, 6.07) is 7.01. The zero-order chi connectivity index (χ0) is 19.8. The minimum atomic E-state index is -0.791. The number of aromatic nitrogens is 2. The first kappa shape index (κ1) is 20.6. The number of unbranched alkanes of at least 4 members (excludes halogenated alkanes) is 3. The molecule has 0 radical (unpaired) electrons. The molecule has 0 atom stereocenters. The normalized spacial score (nSPS) is 10.7. The number of nitrogens with zero attached hydrogens (tertiary/aromatic N) is 2. The SMILES string of the molecule is Cn1sc(=O)n(Cc2ccc(NC(=O)CCCCCCC(=O)O)cc2)c1=O. The summed E-state index contributed by atoms with van der Waals surface area (Å²) in [6.07, 6.45) is 3.53. The van der Waals surface area contributed by atoms with Gasteiger partial charge in [0.2, 0.25) is 5.91 Å². The lowest BCUT2D eigenvalue weighted by atomic mass is 10.1. The summed E-state index contributed by atoms with van der Waals surface area (Å²) in [5.41, 5.74) is 1.11. The van der Waals surface area contributed by atoms with Crippen LogP contribution in [0.2, 0.25) is 0 Å². The number of aliphatic carboxylic acids is 1. The van der Waals surface area contributed by atoms with Gasteiger partial charge in [-0.05, 0) is 30.5 Å². The van der Waals surface area contributed by atoms with Crippen molar-refractivity contribution in [2.75, 3.05) is 5.32 Å². The second-order valence-electron chi connectivity index (χ2n) is 6.28. The highest BCUT2D eigenvalue weighted by atomic mass is 32.1. The molecule has 27 heavy (non-hydrogen) atoms. The molecule has 1 amide bonds. The van der Waals surface area contributed by atoms with Crippen molar-refractivity contribution >= 4 is 29.1 Å². The molecule has 0 aliphatic carbocycles. The van der Waals surface area contributed by atoms with Crippen LogP contribution in [0.15, 0.2) is 33.9 Å². The molecule has 1 aromatic carbocycles. The van der Waals surface area contributed by atoms with Crippen molar-refractivity contribution in [3.63, 3.8) is 0 Å². The minimum Gasteiger partial charge on any atom is -0.481 e. The predicted octanol–water partition coefficient (Wildman–Crippen LogP) is 2.02. The molecule has 0 saturated heterocycles. The Morgan fingerprint density at radius 1 is 1.04 bits per heavy atom. The molecule has 8 nitrogen and oxygen atoms in total. The summed E-state index contributed by atoms with van der Waals surface area (Å²) >= 11 is 0.866. The molecule has 2 aromatic rings. The van der Waals surface area contributed by atoms with Crippen LogP contribution >= 0.6 is 11.5 Å². The zero-order valence-corrected chi connectivity index (χ0v) is 16.0. The van der Waals surface area contributed by atoms with Crippen LogP contribution in [-0.4, -0.2) is 25.5 Å². The van der Waals surface area contributed by atoms with Crippen LogP contribution in [0.25, 0.3) is 0 Å². The van der Waals surface area contributed by atoms with Crippen LogP contribution < -0.4 is 15.9 Å². The molecular formula is C18H23N3O5S. The fourth-order valence-corrected chi connectivity index (χ4v) is 3.25. The Kier molecular flexibility index (Phi) is 7.54. The average molecular weight is 393 g/mol. The molecule has 0 unspecified atom stereocenters. The van der Waals surface area contributed by atoms with Crippen LogP contribution in [0.5, 0.6) is 0 Å². The molecule has 0 spiro atoms. The van der Waals surface area contributed by atoms with Crippen molar-refractivity contribution < 1.29 is 14.7 Å². The Labute approximate surface area is 160 Å². The smallest absolute Gasteiger partial charge is 0.341 e. The molecule has 0 bridgehead atoms. The Morgan fingerprint density at radius 3 is 2.22 bits per heavy atom. The Hall–Kier alpha value is -2.68. The first-order valence-electron chi connectivity index (χ1n) is 8.74. The number of carbonyl (C=O) groups is 2. The summed E-state index contributed by atoms with van der Waals surface area (Å²) in [5.74, 6) is -0.885. The molecule has 0 fully saturated rings. The van der Waals surface area contributed by atoms with Gasteiger partial charge in [0, 0.05) is 37.1 Å². The van der Waals surface area contributed by atoms with E-state index in [9.17, 15) is 19.2 Å². The lowest BCUT2D eigenvalue weighted by molar-refractivity contribution is -0.137. The predicted molar refractivity (Wildman–Crippen MR) is 103 cm³/mol. The fraction of sp³-hybridized carbons (Fsp3) is 0.444. The number of anilines is 1. The highest BCUT2D eigenvalue weighted by Crippen LogP contribution is 2.12. The van der Waals surface area contributed by atoms with Crippen LogP contribution in [0.4, 0.5) is 5.69 Å². The van der Waals surface area contributed by atoms with Gasteiger partial charge in [-0.3, -0.25) is 14.4 Å². The molecule has 2 N–H and O–H groups in total. The first-order chi connectivity index (χ1) is 12.9. The average Bonchev–Trinajstić information content (AvgIpc) is 2.85. The topological polar surface area (TPSA) is 110 Å². The summed E-state index contributed by atoms with van der Waals surface area (Å²) in [7, 11) is 1.55. The monoisotopic (exact) mass is 393 g/mol. The van der Waals surface area contributed by atoms with Gasteiger partial charge in [-0.1, -0.05) is 25.0 Å². The maximum atomic E-state index is 11.9. The van der Waals surface area contributed by atoms with E-state index in [1.165, 1.54) is 8.52 Å². The van der Waals surface area contributed by atoms with Gasteiger partial charge in [-0.2, -0.15) is 0 Å². The van der Waals surface area contributed by atoms with Crippen molar-refractivity contribution in [3.05, 3.63) is 50.0 Å². The van der Waals surface area contributed by atoms with Gasteiger partial charge < -0.3 is 10.4 Å². The number of benzene rings is 1. The number of carbonyl (C=O) groups excluding carboxylic acids is 1. The van der Waals surface area contributed by atoms with E-state index in [4.69, 9.17) is 5.11 Å². The number of hydrogen-bond acceptors (Lipinski definition) is 5. The molecule has 2 rings (SSSR count). The van der Waals surface area contributed by atoms with Crippen molar-refractivity contribution in [1.82, 2.24) is 8.52 Å². The molecule has 9 heteroatoms. The van der Waals surface area contributed by atoms with E-state index in [0.717, 1.165) is 29.9 Å². The Morgan fingerprint density at radius 2 is 1.67 bits per heavy atom. The van der Waals surface area contributed by atoms with Crippen molar-refractivity contribution in [3.8, 4) is 0 Å². The number of carboxylic acid groups (broad SMARTS) is 1. The van der Waals surface area contributed by atoms with Gasteiger partial charge in [0.25, 0.3) is 0 Å². The molecule has 146 valence electrons. The maximum Gasteiger partial charge on any atom is 0.341 e. The molecule has 1 heterocycles. The molecule has 0 saturated carbocycles. The van der Waals surface area contributed by atoms with E-state index in [-0.39, 0.29) is 29.4 Å². The van der Waals surface area contributed by atoms with Crippen molar-refractivity contribution in [2.24, 2.45) is 7.05 Å². The van der Waals surface area contributed by atoms with Gasteiger partial charge in [0.05, 0.1) is 6.54 Å². The number of amides is 1. The lowest BCUT2D eigenvalue weighted by Gasteiger charge is -2.07. The molecule has 0 aliphatic heterocycles. The molecule has 0 aliphatic rings. The molecular weight excluding hydrogens is 370 g/mol. The number of aryl methyl sites for hydroxylation is 1. The maximum absolute atomic E-state index is 11.9. The fourth-order valence-electron chi connectivity index (χ4n) is 2.60. The van der Waals surface area contributed by atoms with Crippen LogP contribution in [-0.2, 0) is 23.2 Å². The summed E-state index contributed by atoms with van der Waals surface area (Å²) < 4.78 is 2.46. The van der Waals surface area contributed by atoms with Gasteiger partial charge in [-0.25, -0.2) is 13.3 Å². The second-order valence-corrected chi connectivity index (χ2v) is 7.36. The quantitative estimate of drug-likeness (QED) is 0.600. The molecule has 1 aromatic heterocycles. The largest absolute Gasteiger partial charge is 0.481 e. The van der Waals surface area contributed by atoms with Crippen LogP contribution in [0.1, 0.15) is 44.1 Å². The Balaban J connectivity index is 1.78. The summed E-state index contributed by atoms with van der Waals surface area (Å²) in [5, 5.41) is 11.4. The highest BCUT2D eigenvalue weighted by molar-refractivity contribution is 7.03. The third-order valence-corrected chi connectivity index (χ3v) is 4.87. The van der Waals surface area contributed by atoms with E-state index in [0.29, 0.717) is 24.9 Å². The zero-order valence-electron chi connectivity index (χ0n) is 15.1. The van der Waals surface area contributed by atoms with E-state index < -0.39 is 5.97 Å². The summed E-state index contributed by atoms with van der Waals surface area (Å²) in [4.78, 5) is 45.6. The number of nitrogens with one attached hydrogen (secondary N) is 1. The second kappa shape index (κ2) is 9.86. The number of rotatable bonds is 10. The van der Waals surface area contributed by atoms with Gasteiger partial charge >= 0.3 is 16.5 Å². The minimum absolute atomic E-state index is 0.0936.